The predicted molar refractivity (Wildman–Crippen MR) is 144 cm³/mol. The number of aromatic carboxylic acids is 1. The third-order valence-corrected chi connectivity index (χ3v) is 7.11. The topological polar surface area (TPSA) is 108 Å². The third-order valence-electron chi connectivity index (χ3n) is 5.26. The first kappa shape index (κ1) is 25.2. The monoisotopic (exact) mass is 517 g/mol. The molecule has 3 aromatic carbocycles. The van der Waals surface area contributed by atoms with E-state index in [-0.39, 0.29) is 17.0 Å². The van der Waals surface area contributed by atoms with Crippen LogP contribution in [0.15, 0.2) is 83.1 Å². The maximum absolute atomic E-state index is 12.8. The second kappa shape index (κ2) is 11.2. The minimum absolute atomic E-state index is 0.0708. The quantitative estimate of drug-likeness (QED) is 0.241. The van der Waals surface area contributed by atoms with Crippen LogP contribution < -0.4 is 10.6 Å². The maximum Gasteiger partial charge on any atom is 0.336 e. The van der Waals surface area contributed by atoms with Gasteiger partial charge in [-0.1, -0.05) is 48.0 Å². The van der Waals surface area contributed by atoms with E-state index >= 15 is 0 Å². The van der Waals surface area contributed by atoms with Gasteiger partial charge in [-0.3, -0.25) is 9.59 Å². The summed E-state index contributed by atoms with van der Waals surface area (Å²) < 4.78 is 0. The average molecular weight is 518 g/mol. The fraction of sp³-hybridized carbons (Fsp3) is 0.111. The lowest BCUT2D eigenvalue weighted by molar-refractivity contribution is -0.115. The number of hydrogen-bond acceptors (Lipinski definition) is 6. The number of carboxylic acids is 1. The minimum Gasteiger partial charge on any atom is -0.478 e. The van der Waals surface area contributed by atoms with Crippen molar-refractivity contribution in [2.24, 2.45) is 0 Å². The number of carboxylic acid groups (broad SMARTS) is 1. The number of carbonyl (C=O) groups excluding carboxylic acids is 2. The van der Waals surface area contributed by atoms with Crippen LogP contribution in [0.1, 0.15) is 33.2 Å². The summed E-state index contributed by atoms with van der Waals surface area (Å²) in [7, 11) is 0. The number of hydrogen-bond donors (Lipinski definition) is 3. The Bertz CT molecular complexity index is 1420. The Labute approximate surface area is 216 Å². The molecule has 4 aromatic rings. The number of thiazole rings is 1. The molecule has 1 heterocycles. The number of amides is 2. The van der Waals surface area contributed by atoms with E-state index in [0.717, 1.165) is 16.2 Å². The Morgan fingerprint density at radius 2 is 1.67 bits per heavy atom. The van der Waals surface area contributed by atoms with E-state index in [4.69, 9.17) is 0 Å². The zero-order valence-electron chi connectivity index (χ0n) is 19.5. The van der Waals surface area contributed by atoms with E-state index in [2.05, 4.69) is 15.6 Å². The number of anilines is 2. The van der Waals surface area contributed by atoms with Gasteiger partial charge in [0.15, 0.2) is 5.13 Å². The molecule has 0 saturated carbocycles. The lowest BCUT2D eigenvalue weighted by Gasteiger charge is -2.12. The summed E-state index contributed by atoms with van der Waals surface area (Å²) in [4.78, 5) is 42.1. The summed E-state index contributed by atoms with van der Waals surface area (Å²) in [6, 6.07) is 21.1. The van der Waals surface area contributed by atoms with Crippen LogP contribution >= 0.6 is 23.1 Å². The molecule has 0 spiro atoms. The standard InChI is InChI=1S/C27H23N3O4S2/c1-16-10-12-18(13-11-16)23-15-35-27(29-23)30-24(31)17(2)36-20-7-5-6-19(14-20)28-25(32)21-8-3-4-9-22(21)26(33)34/h3-15,17H,1-2H3,(H,28,32)(H,33,34)(H,29,30,31). The molecule has 0 aliphatic heterocycles. The Morgan fingerprint density at radius 3 is 2.39 bits per heavy atom. The molecule has 0 radical (unpaired) electrons. The van der Waals surface area contributed by atoms with Crippen LogP contribution in [0.4, 0.5) is 10.8 Å². The Balaban J connectivity index is 1.38. The number of aromatic nitrogens is 1. The van der Waals surface area contributed by atoms with Crippen molar-refractivity contribution >= 4 is 51.7 Å². The van der Waals surface area contributed by atoms with Gasteiger partial charge in [-0.15, -0.1) is 23.1 Å². The van der Waals surface area contributed by atoms with Crippen LogP contribution in [0.2, 0.25) is 0 Å². The molecule has 1 atom stereocenters. The molecule has 0 bridgehead atoms. The summed E-state index contributed by atoms with van der Waals surface area (Å²) >= 11 is 2.71. The normalized spacial score (nSPS) is 11.5. The molecule has 0 aliphatic rings. The molecular formula is C27H23N3O4S2. The molecule has 3 N–H and O–H groups in total. The number of nitrogens with one attached hydrogen (secondary N) is 2. The largest absolute Gasteiger partial charge is 0.478 e. The third kappa shape index (κ3) is 6.18. The van der Waals surface area contributed by atoms with Gasteiger partial charge in [0.1, 0.15) is 0 Å². The van der Waals surface area contributed by atoms with Crippen molar-refractivity contribution in [3.8, 4) is 11.3 Å². The highest BCUT2D eigenvalue weighted by molar-refractivity contribution is 8.00. The molecular weight excluding hydrogens is 494 g/mol. The highest BCUT2D eigenvalue weighted by Gasteiger charge is 2.18. The fourth-order valence-electron chi connectivity index (χ4n) is 3.37. The summed E-state index contributed by atoms with van der Waals surface area (Å²) in [5.41, 5.74) is 3.47. The molecule has 4 rings (SSSR count). The number of nitrogens with zero attached hydrogens (tertiary/aromatic N) is 1. The lowest BCUT2D eigenvalue weighted by Crippen LogP contribution is -2.22. The van der Waals surface area contributed by atoms with Gasteiger partial charge in [-0.05, 0) is 44.2 Å². The van der Waals surface area contributed by atoms with E-state index in [1.54, 1.807) is 37.3 Å². The van der Waals surface area contributed by atoms with Crippen molar-refractivity contribution in [1.82, 2.24) is 4.98 Å². The van der Waals surface area contributed by atoms with Crippen molar-refractivity contribution in [3.05, 3.63) is 94.9 Å². The van der Waals surface area contributed by atoms with E-state index < -0.39 is 17.1 Å². The van der Waals surface area contributed by atoms with Gasteiger partial charge in [-0.25, -0.2) is 9.78 Å². The van der Waals surface area contributed by atoms with Crippen LogP contribution in [0.5, 0.6) is 0 Å². The molecule has 0 fully saturated rings. The van der Waals surface area contributed by atoms with Gasteiger partial charge in [0.2, 0.25) is 5.91 Å². The Kier molecular flexibility index (Phi) is 7.82. The molecule has 1 unspecified atom stereocenters. The molecule has 182 valence electrons. The number of aryl methyl sites for hydroxylation is 1. The second-order valence-corrected chi connectivity index (χ2v) is 10.3. The first-order chi connectivity index (χ1) is 17.3. The van der Waals surface area contributed by atoms with Gasteiger partial charge in [0.25, 0.3) is 5.91 Å². The van der Waals surface area contributed by atoms with Crippen LogP contribution in [0.25, 0.3) is 11.3 Å². The van der Waals surface area contributed by atoms with Crippen LogP contribution in [0.3, 0.4) is 0 Å². The number of rotatable bonds is 8. The fourth-order valence-corrected chi connectivity index (χ4v) is 5.01. The smallest absolute Gasteiger partial charge is 0.336 e. The van der Waals surface area contributed by atoms with Crippen LogP contribution in [0, 0.1) is 6.92 Å². The minimum atomic E-state index is -1.17. The zero-order valence-corrected chi connectivity index (χ0v) is 21.2. The van der Waals surface area contributed by atoms with E-state index in [1.807, 2.05) is 42.6 Å². The highest BCUT2D eigenvalue weighted by atomic mass is 32.2. The second-order valence-electron chi connectivity index (χ2n) is 7.99. The maximum atomic E-state index is 12.8. The van der Waals surface area contributed by atoms with Crippen LogP contribution in [-0.2, 0) is 4.79 Å². The van der Waals surface area contributed by atoms with Crippen molar-refractivity contribution in [2.45, 2.75) is 24.0 Å². The molecule has 9 heteroatoms. The SMILES string of the molecule is Cc1ccc(-c2csc(NC(=O)C(C)Sc3cccc(NC(=O)c4ccccc4C(=O)O)c3)n2)cc1. The number of carbonyl (C=O) groups is 3. The van der Waals surface area contributed by atoms with Gasteiger partial charge in [-0.2, -0.15) is 0 Å². The number of thioether (sulfide) groups is 1. The molecule has 2 amide bonds. The van der Waals surface area contributed by atoms with Gasteiger partial charge in [0, 0.05) is 21.5 Å². The summed E-state index contributed by atoms with van der Waals surface area (Å²) in [5.74, 6) is -1.88. The van der Waals surface area contributed by atoms with E-state index in [9.17, 15) is 19.5 Å². The van der Waals surface area contributed by atoms with E-state index in [1.165, 1.54) is 40.8 Å². The summed E-state index contributed by atoms with van der Waals surface area (Å²) in [6.45, 7) is 3.82. The van der Waals surface area contributed by atoms with Crippen molar-refractivity contribution < 1.29 is 19.5 Å². The summed E-state index contributed by atoms with van der Waals surface area (Å²) in [6.07, 6.45) is 0. The zero-order chi connectivity index (χ0) is 25.7. The molecule has 7 nitrogen and oxygen atoms in total. The highest BCUT2D eigenvalue weighted by Crippen LogP contribution is 2.29. The van der Waals surface area contributed by atoms with Crippen molar-refractivity contribution in [2.75, 3.05) is 10.6 Å². The predicted octanol–water partition coefficient (Wildman–Crippen LogP) is 6.19. The van der Waals surface area contributed by atoms with Gasteiger partial charge < -0.3 is 15.7 Å². The van der Waals surface area contributed by atoms with Gasteiger partial charge >= 0.3 is 5.97 Å². The molecule has 1 aromatic heterocycles. The first-order valence-corrected chi connectivity index (χ1v) is 12.8. The first-order valence-electron chi connectivity index (χ1n) is 11.0. The van der Waals surface area contributed by atoms with Crippen LogP contribution in [-0.4, -0.2) is 33.1 Å². The summed E-state index contributed by atoms with van der Waals surface area (Å²) in [5, 5.41) is 16.9. The number of benzene rings is 3. The average Bonchev–Trinajstić information content (AvgIpc) is 3.33. The van der Waals surface area contributed by atoms with Gasteiger partial charge in [0.05, 0.1) is 22.1 Å². The van der Waals surface area contributed by atoms with E-state index in [0.29, 0.717) is 10.8 Å². The molecule has 0 aliphatic carbocycles. The molecule has 36 heavy (non-hydrogen) atoms. The Hall–Kier alpha value is -3.95. The van der Waals surface area contributed by atoms with Crippen molar-refractivity contribution in [1.29, 1.82) is 0 Å². The Morgan fingerprint density at radius 1 is 0.944 bits per heavy atom. The van der Waals surface area contributed by atoms with Crippen molar-refractivity contribution in [3.63, 3.8) is 0 Å². The molecule has 0 saturated heterocycles. The lowest BCUT2D eigenvalue weighted by atomic mass is 10.1.